The first kappa shape index (κ1) is 22.5. The number of aryl methyl sites for hydroxylation is 1. The van der Waals surface area contributed by atoms with Crippen molar-refractivity contribution in [3.05, 3.63) is 29.8 Å². The van der Waals surface area contributed by atoms with E-state index in [2.05, 4.69) is 27.3 Å². The fraction of sp³-hybridized carbons (Fsp3) is 0.579. The third kappa shape index (κ3) is 6.66. The fourth-order valence-electron chi connectivity index (χ4n) is 3.11. The molecule has 1 heterocycles. The Hall–Kier alpha value is -1.51. The topological polar surface area (TPSA) is 63.2 Å². The fourth-order valence-corrected chi connectivity index (χ4v) is 3.11. The van der Waals surface area contributed by atoms with Crippen molar-refractivity contribution in [3.63, 3.8) is 0 Å². The monoisotopic (exact) mass is 475 g/mol. The second kappa shape index (κ2) is 12.0. The number of halogens is 1. The highest BCUT2D eigenvalue weighted by Crippen LogP contribution is 2.18. The minimum absolute atomic E-state index is 0. The maximum Gasteiger partial charge on any atom is 0.308 e. The van der Waals surface area contributed by atoms with Crippen LogP contribution in [0.2, 0.25) is 0 Å². The van der Waals surface area contributed by atoms with Gasteiger partial charge in [0.25, 0.3) is 0 Å². The quantitative estimate of drug-likeness (QED) is 0.226. The SMILES string of the molecule is CN=C(NCCCc1ccc(OC)cc1)N1CCC(C(=O)OC)CC1.I. The molecule has 0 saturated carbocycles. The highest BCUT2D eigenvalue weighted by molar-refractivity contribution is 14.0. The summed E-state index contributed by atoms with van der Waals surface area (Å²) >= 11 is 0. The number of hydrogen-bond acceptors (Lipinski definition) is 4. The Labute approximate surface area is 173 Å². The summed E-state index contributed by atoms with van der Waals surface area (Å²) in [5.41, 5.74) is 1.30. The van der Waals surface area contributed by atoms with Crippen molar-refractivity contribution >= 4 is 35.9 Å². The molecule has 0 radical (unpaired) electrons. The molecule has 1 fully saturated rings. The molecule has 1 aromatic carbocycles. The summed E-state index contributed by atoms with van der Waals surface area (Å²) in [6.07, 6.45) is 3.68. The number of nitrogens with zero attached hydrogens (tertiary/aromatic N) is 2. The van der Waals surface area contributed by atoms with Crippen LogP contribution in [0.15, 0.2) is 29.3 Å². The van der Waals surface area contributed by atoms with Crippen LogP contribution in [0, 0.1) is 5.92 Å². The highest BCUT2D eigenvalue weighted by atomic mass is 127. The Morgan fingerprint density at radius 1 is 1.23 bits per heavy atom. The number of rotatable bonds is 6. The number of hydrogen-bond donors (Lipinski definition) is 1. The summed E-state index contributed by atoms with van der Waals surface area (Å²) in [4.78, 5) is 18.2. The number of carbonyl (C=O) groups is 1. The molecule has 1 aromatic rings. The van der Waals surface area contributed by atoms with Crippen molar-refractivity contribution in [1.29, 1.82) is 0 Å². The van der Waals surface area contributed by atoms with Crippen molar-refractivity contribution in [2.45, 2.75) is 25.7 Å². The van der Waals surface area contributed by atoms with Crippen LogP contribution in [0.3, 0.4) is 0 Å². The van der Waals surface area contributed by atoms with E-state index in [1.165, 1.54) is 12.7 Å². The minimum Gasteiger partial charge on any atom is -0.497 e. The normalized spacial score (nSPS) is 15.2. The number of nitrogens with one attached hydrogen (secondary N) is 1. The lowest BCUT2D eigenvalue weighted by Gasteiger charge is -2.33. The van der Waals surface area contributed by atoms with Crippen molar-refractivity contribution < 1.29 is 14.3 Å². The molecule has 0 amide bonds. The summed E-state index contributed by atoms with van der Waals surface area (Å²) in [6.45, 7) is 2.53. The van der Waals surface area contributed by atoms with Gasteiger partial charge in [-0.2, -0.15) is 0 Å². The van der Waals surface area contributed by atoms with Crippen LogP contribution in [-0.2, 0) is 16.0 Å². The van der Waals surface area contributed by atoms with E-state index in [4.69, 9.17) is 9.47 Å². The number of methoxy groups -OCH3 is 2. The Bertz CT molecular complexity index is 570. The molecule has 2 rings (SSSR count). The lowest BCUT2D eigenvalue weighted by molar-refractivity contribution is -0.146. The van der Waals surface area contributed by atoms with E-state index >= 15 is 0 Å². The van der Waals surface area contributed by atoms with Crippen molar-refractivity contribution in [2.75, 3.05) is 40.9 Å². The molecule has 1 aliphatic rings. The molecular formula is C19H30IN3O3. The molecule has 1 aliphatic heterocycles. The first-order chi connectivity index (χ1) is 12.2. The number of guanidine groups is 1. The van der Waals surface area contributed by atoms with Gasteiger partial charge < -0.3 is 19.7 Å². The summed E-state index contributed by atoms with van der Waals surface area (Å²) in [5, 5.41) is 3.43. The Morgan fingerprint density at radius 2 is 1.88 bits per heavy atom. The van der Waals surface area contributed by atoms with Crippen LogP contribution >= 0.6 is 24.0 Å². The summed E-state index contributed by atoms with van der Waals surface area (Å²) in [5.74, 6) is 1.73. The smallest absolute Gasteiger partial charge is 0.308 e. The molecule has 1 saturated heterocycles. The van der Waals surface area contributed by atoms with Gasteiger partial charge in [-0.05, 0) is 43.4 Å². The summed E-state index contributed by atoms with van der Waals surface area (Å²) < 4.78 is 10.0. The Kier molecular flexibility index (Phi) is 10.4. The van der Waals surface area contributed by atoms with Crippen LogP contribution in [0.1, 0.15) is 24.8 Å². The molecule has 146 valence electrons. The largest absolute Gasteiger partial charge is 0.497 e. The predicted molar refractivity (Wildman–Crippen MR) is 114 cm³/mol. The van der Waals surface area contributed by atoms with Gasteiger partial charge >= 0.3 is 5.97 Å². The van der Waals surface area contributed by atoms with Gasteiger partial charge in [0.2, 0.25) is 0 Å². The van der Waals surface area contributed by atoms with Gasteiger partial charge in [-0.3, -0.25) is 9.79 Å². The minimum atomic E-state index is -0.0953. The van der Waals surface area contributed by atoms with Gasteiger partial charge in [-0.15, -0.1) is 24.0 Å². The molecule has 6 nitrogen and oxygen atoms in total. The van der Waals surface area contributed by atoms with E-state index in [9.17, 15) is 4.79 Å². The second-order valence-electron chi connectivity index (χ2n) is 6.21. The molecule has 0 atom stereocenters. The average Bonchev–Trinajstić information content (AvgIpc) is 2.68. The van der Waals surface area contributed by atoms with Gasteiger partial charge in [-0.1, -0.05) is 12.1 Å². The maximum absolute atomic E-state index is 11.6. The number of esters is 1. The first-order valence-corrected chi connectivity index (χ1v) is 8.84. The average molecular weight is 475 g/mol. The zero-order valence-electron chi connectivity index (χ0n) is 15.9. The highest BCUT2D eigenvalue weighted by Gasteiger charge is 2.26. The number of carbonyl (C=O) groups excluding carboxylic acids is 1. The van der Waals surface area contributed by atoms with Crippen LogP contribution in [0.4, 0.5) is 0 Å². The zero-order valence-corrected chi connectivity index (χ0v) is 18.2. The van der Waals surface area contributed by atoms with Crippen LogP contribution in [-0.4, -0.2) is 57.7 Å². The molecule has 0 aromatic heterocycles. The van der Waals surface area contributed by atoms with E-state index < -0.39 is 0 Å². The molecule has 0 spiro atoms. The van der Waals surface area contributed by atoms with Gasteiger partial charge in [0, 0.05) is 26.7 Å². The van der Waals surface area contributed by atoms with E-state index in [0.717, 1.165) is 57.0 Å². The predicted octanol–water partition coefficient (Wildman–Crippen LogP) is 2.71. The van der Waals surface area contributed by atoms with Crippen LogP contribution in [0.25, 0.3) is 0 Å². The van der Waals surface area contributed by atoms with Crippen LogP contribution in [0.5, 0.6) is 5.75 Å². The van der Waals surface area contributed by atoms with Gasteiger partial charge in [0.15, 0.2) is 5.96 Å². The number of ether oxygens (including phenoxy) is 2. The van der Waals surface area contributed by atoms with E-state index in [1.54, 1.807) is 14.2 Å². The summed E-state index contributed by atoms with van der Waals surface area (Å²) in [7, 11) is 4.94. The third-order valence-electron chi connectivity index (χ3n) is 4.63. The number of piperidine rings is 1. The molecule has 0 aliphatic carbocycles. The van der Waals surface area contributed by atoms with Crippen molar-refractivity contribution in [3.8, 4) is 5.75 Å². The lowest BCUT2D eigenvalue weighted by atomic mass is 9.97. The van der Waals surface area contributed by atoms with Gasteiger partial charge in [0.1, 0.15) is 5.75 Å². The third-order valence-corrected chi connectivity index (χ3v) is 4.63. The van der Waals surface area contributed by atoms with Gasteiger partial charge in [0.05, 0.1) is 20.1 Å². The van der Waals surface area contributed by atoms with Crippen molar-refractivity contribution in [1.82, 2.24) is 10.2 Å². The Balaban J connectivity index is 0.00000338. The first-order valence-electron chi connectivity index (χ1n) is 8.84. The van der Waals surface area contributed by atoms with Gasteiger partial charge in [-0.25, -0.2) is 0 Å². The Morgan fingerprint density at radius 3 is 2.42 bits per heavy atom. The summed E-state index contributed by atoms with van der Waals surface area (Å²) in [6, 6.07) is 8.19. The second-order valence-corrected chi connectivity index (χ2v) is 6.21. The standard InChI is InChI=1S/C19H29N3O3.HI/c1-20-19(22-13-10-16(11-14-22)18(23)25-3)21-12-4-5-15-6-8-17(24-2)9-7-15;/h6-9,16H,4-5,10-14H2,1-3H3,(H,20,21);1H. The number of aliphatic imine (C=N–C) groups is 1. The van der Waals surface area contributed by atoms with Crippen LogP contribution < -0.4 is 10.1 Å². The zero-order chi connectivity index (χ0) is 18.1. The molecular weight excluding hydrogens is 445 g/mol. The number of likely N-dealkylation sites (tertiary alicyclic amines) is 1. The molecule has 7 heteroatoms. The van der Waals surface area contributed by atoms with E-state index in [0.29, 0.717) is 0 Å². The van der Waals surface area contributed by atoms with Crippen molar-refractivity contribution in [2.24, 2.45) is 10.9 Å². The molecule has 0 bridgehead atoms. The maximum atomic E-state index is 11.6. The molecule has 0 unspecified atom stereocenters. The lowest BCUT2D eigenvalue weighted by Crippen LogP contribution is -2.46. The number of benzene rings is 1. The van der Waals surface area contributed by atoms with E-state index in [1.807, 2.05) is 12.1 Å². The molecule has 1 N–H and O–H groups in total. The van der Waals surface area contributed by atoms with E-state index in [-0.39, 0.29) is 35.9 Å². The molecule has 26 heavy (non-hydrogen) atoms.